The summed E-state index contributed by atoms with van der Waals surface area (Å²) in [7, 11) is 0. The summed E-state index contributed by atoms with van der Waals surface area (Å²) >= 11 is 0. The number of carboxylic acid groups (broad SMARTS) is 1. The molecule has 1 aliphatic heterocycles. The lowest BCUT2D eigenvalue weighted by Gasteiger charge is -2.37. The first-order valence-electron chi connectivity index (χ1n) is 13.5. The van der Waals surface area contributed by atoms with Crippen LogP contribution in [0.2, 0.25) is 0 Å². The van der Waals surface area contributed by atoms with E-state index in [2.05, 4.69) is 20.5 Å². The van der Waals surface area contributed by atoms with Crippen LogP contribution < -0.4 is 15.5 Å². The summed E-state index contributed by atoms with van der Waals surface area (Å²) in [5.74, 6) is -2.19. The van der Waals surface area contributed by atoms with Gasteiger partial charge in [0, 0.05) is 55.6 Å². The molecule has 2 fully saturated rings. The lowest BCUT2D eigenvalue weighted by atomic mass is 10.0. The lowest BCUT2D eigenvalue weighted by Crippen LogP contribution is -2.49. The number of anilines is 2. The Morgan fingerprint density at radius 1 is 0.902 bits per heavy atom. The van der Waals surface area contributed by atoms with E-state index < -0.39 is 30.2 Å². The summed E-state index contributed by atoms with van der Waals surface area (Å²) in [4.78, 5) is 58.3. The first kappa shape index (κ1) is 27.8. The highest BCUT2D eigenvalue weighted by Crippen LogP contribution is 2.33. The Kier molecular flexibility index (Phi) is 8.23. The summed E-state index contributed by atoms with van der Waals surface area (Å²) in [5, 5.41) is 15.0. The third-order valence-corrected chi connectivity index (χ3v) is 7.26. The Morgan fingerprint density at radius 3 is 2.22 bits per heavy atom. The van der Waals surface area contributed by atoms with Gasteiger partial charge < -0.3 is 25.5 Å². The number of pyridine rings is 1. The Morgan fingerprint density at radius 2 is 1.59 bits per heavy atom. The van der Waals surface area contributed by atoms with Crippen molar-refractivity contribution >= 4 is 35.1 Å². The average Bonchev–Trinajstić information content (AvgIpc) is 3.83. The van der Waals surface area contributed by atoms with Crippen LogP contribution in [-0.2, 0) is 9.59 Å². The van der Waals surface area contributed by atoms with Crippen molar-refractivity contribution < 1.29 is 28.7 Å². The number of hydrogen-bond acceptors (Lipinski definition) is 6. The average molecular weight is 560 g/mol. The summed E-state index contributed by atoms with van der Waals surface area (Å²) in [6.45, 7) is 2.24. The molecule has 1 aromatic heterocycles. The van der Waals surface area contributed by atoms with E-state index in [1.54, 1.807) is 30.3 Å². The smallest absolute Gasteiger partial charge is 0.305 e. The quantitative estimate of drug-likeness (QED) is 0.366. The Labute approximate surface area is 236 Å². The molecule has 3 N–H and O–H groups in total. The number of nitrogens with zero attached hydrogens (tertiary/aromatic N) is 3. The molecule has 1 unspecified atom stereocenters. The molecule has 1 saturated heterocycles. The van der Waals surface area contributed by atoms with Gasteiger partial charge >= 0.3 is 5.97 Å². The molecular formula is C30H30FN5O5. The van der Waals surface area contributed by atoms with Crippen molar-refractivity contribution in [1.29, 1.82) is 0 Å². The number of carboxylic acids is 1. The van der Waals surface area contributed by atoms with Gasteiger partial charge in [0.2, 0.25) is 5.91 Å². The molecule has 2 aromatic carbocycles. The molecule has 2 heterocycles. The van der Waals surface area contributed by atoms with Gasteiger partial charge in [0.25, 0.3) is 11.8 Å². The minimum atomic E-state index is -1.13. The van der Waals surface area contributed by atoms with E-state index in [-0.39, 0.29) is 23.3 Å². The maximum atomic E-state index is 13.4. The van der Waals surface area contributed by atoms with E-state index in [9.17, 15) is 28.7 Å². The van der Waals surface area contributed by atoms with Gasteiger partial charge in [-0.2, -0.15) is 0 Å². The first-order valence-corrected chi connectivity index (χ1v) is 13.5. The molecule has 1 aliphatic carbocycles. The van der Waals surface area contributed by atoms with E-state index in [0.717, 1.165) is 12.8 Å². The largest absolute Gasteiger partial charge is 0.481 e. The van der Waals surface area contributed by atoms with E-state index in [0.29, 0.717) is 48.7 Å². The fourth-order valence-corrected chi connectivity index (χ4v) is 4.87. The van der Waals surface area contributed by atoms with Crippen LogP contribution in [0.3, 0.4) is 0 Å². The number of halogens is 1. The highest BCUT2D eigenvalue weighted by molar-refractivity contribution is 6.07. The molecule has 0 radical (unpaired) electrons. The molecule has 11 heteroatoms. The van der Waals surface area contributed by atoms with Gasteiger partial charge in [-0.3, -0.25) is 24.2 Å². The normalized spacial score (nSPS) is 15.6. The van der Waals surface area contributed by atoms with Crippen LogP contribution >= 0.6 is 0 Å². The highest BCUT2D eigenvalue weighted by Gasteiger charge is 2.35. The molecule has 3 aromatic rings. The Hall–Kier alpha value is -4.80. The van der Waals surface area contributed by atoms with Crippen molar-refractivity contribution in [3.05, 3.63) is 89.5 Å². The minimum Gasteiger partial charge on any atom is -0.481 e. The van der Waals surface area contributed by atoms with Gasteiger partial charge in [0.1, 0.15) is 5.82 Å². The maximum absolute atomic E-state index is 13.4. The van der Waals surface area contributed by atoms with Crippen LogP contribution in [0.25, 0.3) is 0 Å². The molecule has 5 rings (SSSR count). The molecule has 212 valence electrons. The number of aromatic nitrogens is 1. The predicted molar refractivity (Wildman–Crippen MR) is 149 cm³/mol. The van der Waals surface area contributed by atoms with Crippen molar-refractivity contribution in [2.45, 2.75) is 25.3 Å². The molecule has 10 nitrogen and oxygen atoms in total. The van der Waals surface area contributed by atoms with Gasteiger partial charge in [-0.25, -0.2) is 4.39 Å². The molecule has 0 spiro atoms. The summed E-state index contributed by atoms with van der Waals surface area (Å²) in [5.41, 5.74) is 2.14. The number of hydrogen-bond donors (Lipinski definition) is 3. The van der Waals surface area contributed by atoms with Crippen molar-refractivity contribution in [2.75, 3.05) is 36.4 Å². The minimum absolute atomic E-state index is 0.148. The van der Waals surface area contributed by atoms with Crippen LogP contribution in [-0.4, -0.2) is 64.9 Å². The summed E-state index contributed by atoms with van der Waals surface area (Å²) in [6.07, 6.45) is 4.51. The zero-order valence-corrected chi connectivity index (χ0v) is 22.3. The van der Waals surface area contributed by atoms with Crippen molar-refractivity contribution in [3.8, 4) is 0 Å². The number of carbonyl (C=O) groups is 4. The van der Waals surface area contributed by atoms with Crippen LogP contribution in [0.5, 0.6) is 0 Å². The Bertz CT molecular complexity index is 1440. The van der Waals surface area contributed by atoms with Gasteiger partial charge in [0.05, 0.1) is 23.8 Å². The first-order chi connectivity index (χ1) is 19.8. The van der Waals surface area contributed by atoms with Gasteiger partial charge in [-0.1, -0.05) is 12.1 Å². The topological polar surface area (TPSA) is 132 Å². The van der Waals surface area contributed by atoms with Gasteiger partial charge in [-0.05, 0) is 60.9 Å². The van der Waals surface area contributed by atoms with Crippen LogP contribution in [0.4, 0.5) is 15.8 Å². The number of benzene rings is 2. The maximum Gasteiger partial charge on any atom is 0.305 e. The number of nitrogens with one attached hydrogen (secondary N) is 2. The number of aliphatic carboxylic acids is 1. The number of carbonyl (C=O) groups excluding carboxylic acids is 3. The highest BCUT2D eigenvalue weighted by atomic mass is 19.1. The number of piperazine rings is 1. The standard InChI is InChI=1S/C30H30FN5O5/c31-23-6-3-19(4-7-23)24(18-27(37)38)33-29(40)22-5-8-26(25(17-22)34-28(39)20-9-11-32-12-10-20)35-13-15-36(16-14-35)30(41)21-1-2-21/h3-12,17,21,24H,1-2,13-16,18H2,(H,33,40)(H,34,39)(H,37,38). The third-order valence-electron chi connectivity index (χ3n) is 7.26. The lowest BCUT2D eigenvalue weighted by molar-refractivity contribution is -0.137. The SMILES string of the molecule is O=C(O)CC(NC(=O)c1ccc(N2CCN(C(=O)C3CC3)CC2)c(NC(=O)c2ccncc2)c1)c1ccc(F)cc1. The molecular weight excluding hydrogens is 529 g/mol. The monoisotopic (exact) mass is 559 g/mol. The van der Waals surface area contributed by atoms with Crippen LogP contribution in [0, 0.1) is 11.7 Å². The molecule has 2 aliphatic rings. The van der Waals surface area contributed by atoms with E-state index in [1.807, 2.05) is 4.90 Å². The number of rotatable bonds is 9. The predicted octanol–water partition coefficient (Wildman–Crippen LogP) is 3.48. The fourth-order valence-electron chi connectivity index (χ4n) is 4.87. The Balaban J connectivity index is 1.38. The summed E-state index contributed by atoms with van der Waals surface area (Å²) < 4.78 is 13.4. The summed E-state index contributed by atoms with van der Waals surface area (Å²) in [6, 6.07) is 12.4. The van der Waals surface area contributed by atoms with E-state index in [1.165, 1.54) is 36.7 Å². The van der Waals surface area contributed by atoms with Crippen molar-refractivity contribution in [3.63, 3.8) is 0 Å². The second-order valence-electron chi connectivity index (χ2n) is 10.2. The number of amides is 3. The van der Waals surface area contributed by atoms with Gasteiger partial charge in [-0.15, -0.1) is 0 Å². The zero-order chi connectivity index (χ0) is 28.9. The van der Waals surface area contributed by atoms with E-state index in [4.69, 9.17) is 0 Å². The van der Waals surface area contributed by atoms with E-state index >= 15 is 0 Å². The van der Waals surface area contributed by atoms with Crippen LogP contribution in [0.15, 0.2) is 67.0 Å². The van der Waals surface area contributed by atoms with Crippen LogP contribution in [0.1, 0.15) is 51.6 Å². The van der Waals surface area contributed by atoms with Crippen molar-refractivity contribution in [1.82, 2.24) is 15.2 Å². The third kappa shape index (κ3) is 6.86. The second-order valence-corrected chi connectivity index (χ2v) is 10.2. The zero-order valence-electron chi connectivity index (χ0n) is 22.3. The fraction of sp³-hybridized carbons (Fsp3) is 0.300. The molecule has 41 heavy (non-hydrogen) atoms. The molecule has 1 atom stereocenters. The molecule has 0 bridgehead atoms. The molecule has 1 saturated carbocycles. The van der Waals surface area contributed by atoms with Crippen molar-refractivity contribution in [2.24, 2.45) is 5.92 Å². The second kappa shape index (κ2) is 12.2. The molecule has 3 amide bonds. The van der Waals surface area contributed by atoms with Gasteiger partial charge in [0.15, 0.2) is 0 Å².